The molecule has 5 N–H and O–H groups in total. The third-order valence-electron chi connectivity index (χ3n) is 11.4. The molecule has 1 heterocycles. The standard InChI is InChI=1S/C29H42O8/c1-14-16(15(2)30)10-24(37-25(14)34)28(5,35)23-7-9-29(36)18-11-20(31)19-12-21(32)22(33)13-26(19,3)17(18)6-8-27(23,29)4/h11,15,17,19,21-24,30,32-33,35-36H,6-10,12-13H2,1-5H3/t15-,17+,19+,21-,22+,23+,24-,26-,27-,28-,29-/m1/s1. The Kier molecular flexibility index (Phi) is 6.17. The largest absolute Gasteiger partial charge is 0.456 e. The summed E-state index contributed by atoms with van der Waals surface area (Å²) >= 11 is 0. The van der Waals surface area contributed by atoms with Crippen molar-refractivity contribution in [3.63, 3.8) is 0 Å². The highest BCUT2D eigenvalue weighted by Gasteiger charge is 2.69. The topological polar surface area (TPSA) is 145 Å². The zero-order valence-corrected chi connectivity index (χ0v) is 22.5. The molecule has 5 aliphatic rings. The van der Waals surface area contributed by atoms with Crippen molar-refractivity contribution in [1.29, 1.82) is 0 Å². The van der Waals surface area contributed by atoms with E-state index < -0.39 is 64.3 Å². The van der Waals surface area contributed by atoms with E-state index in [0.717, 1.165) is 0 Å². The van der Waals surface area contributed by atoms with Crippen LogP contribution in [0.2, 0.25) is 0 Å². The minimum atomic E-state index is -1.47. The number of aliphatic hydroxyl groups is 5. The van der Waals surface area contributed by atoms with Gasteiger partial charge in [-0.05, 0) is 93.8 Å². The van der Waals surface area contributed by atoms with Crippen LogP contribution in [0, 0.1) is 28.6 Å². The summed E-state index contributed by atoms with van der Waals surface area (Å²) in [6.07, 6.45) is 0.917. The molecule has 0 aromatic heterocycles. The van der Waals surface area contributed by atoms with Crippen LogP contribution in [0.1, 0.15) is 79.6 Å². The van der Waals surface area contributed by atoms with Gasteiger partial charge in [0.1, 0.15) is 11.7 Å². The van der Waals surface area contributed by atoms with Crippen LogP contribution in [0.15, 0.2) is 22.8 Å². The summed E-state index contributed by atoms with van der Waals surface area (Å²) in [5.41, 5.74) is -2.53. The highest BCUT2D eigenvalue weighted by Crippen LogP contribution is 2.68. The van der Waals surface area contributed by atoms with Crippen molar-refractivity contribution in [3.05, 3.63) is 22.8 Å². The summed E-state index contributed by atoms with van der Waals surface area (Å²) in [6, 6.07) is 0. The summed E-state index contributed by atoms with van der Waals surface area (Å²) < 4.78 is 5.69. The van der Waals surface area contributed by atoms with E-state index in [9.17, 15) is 35.1 Å². The number of rotatable bonds is 3. The van der Waals surface area contributed by atoms with Gasteiger partial charge in [-0.3, -0.25) is 4.79 Å². The molecule has 4 aliphatic carbocycles. The van der Waals surface area contributed by atoms with Crippen molar-refractivity contribution in [2.45, 2.75) is 115 Å². The van der Waals surface area contributed by atoms with Gasteiger partial charge in [-0.1, -0.05) is 13.8 Å². The number of allylic oxidation sites excluding steroid dienone is 1. The number of hydrogen-bond donors (Lipinski definition) is 5. The minimum absolute atomic E-state index is 0.112. The van der Waals surface area contributed by atoms with Gasteiger partial charge in [0.2, 0.25) is 0 Å². The van der Waals surface area contributed by atoms with E-state index in [1.165, 1.54) is 0 Å². The second-order valence-electron chi connectivity index (χ2n) is 13.2. The monoisotopic (exact) mass is 518 g/mol. The third kappa shape index (κ3) is 3.59. The molecule has 3 fully saturated rings. The van der Waals surface area contributed by atoms with Crippen molar-refractivity contribution >= 4 is 11.8 Å². The second-order valence-corrected chi connectivity index (χ2v) is 13.2. The Morgan fingerprint density at radius 1 is 1.11 bits per heavy atom. The predicted molar refractivity (Wildman–Crippen MR) is 134 cm³/mol. The van der Waals surface area contributed by atoms with Crippen LogP contribution in [-0.4, -0.2) is 72.9 Å². The summed E-state index contributed by atoms with van der Waals surface area (Å²) in [4.78, 5) is 26.0. The van der Waals surface area contributed by atoms with E-state index in [1.54, 1.807) is 26.8 Å². The van der Waals surface area contributed by atoms with Gasteiger partial charge in [0.25, 0.3) is 0 Å². The van der Waals surface area contributed by atoms with Gasteiger partial charge in [-0.15, -0.1) is 0 Å². The molecule has 0 bridgehead atoms. The van der Waals surface area contributed by atoms with E-state index in [-0.39, 0.29) is 24.5 Å². The molecule has 3 saturated carbocycles. The fourth-order valence-electron chi connectivity index (χ4n) is 9.08. The molecule has 11 atom stereocenters. The fraction of sp³-hybridized carbons (Fsp3) is 0.793. The Morgan fingerprint density at radius 2 is 1.78 bits per heavy atom. The molecule has 206 valence electrons. The normalized spacial score (nSPS) is 48.3. The van der Waals surface area contributed by atoms with Crippen LogP contribution in [0.3, 0.4) is 0 Å². The number of carbonyl (C=O) groups is 2. The Balaban J connectivity index is 1.50. The average Bonchev–Trinajstić information content (AvgIpc) is 3.09. The Bertz CT molecular complexity index is 1070. The highest BCUT2D eigenvalue weighted by atomic mass is 16.6. The Hall–Kier alpha value is -1.58. The zero-order valence-electron chi connectivity index (χ0n) is 22.5. The van der Waals surface area contributed by atoms with Crippen LogP contribution in [0.5, 0.6) is 0 Å². The van der Waals surface area contributed by atoms with Gasteiger partial charge in [-0.2, -0.15) is 0 Å². The van der Waals surface area contributed by atoms with Crippen LogP contribution in [-0.2, 0) is 14.3 Å². The Labute approximate surface area is 218 Å². The molecule has 0 aromatic carbocycles. The van der Waals surface area contributed by atoms with Gasteiger partial charge in [0.15, 0.2) is 5.78 Å². The molecule has 8 heteroatoms. The number of esters is 1. The minimum Gasteiger partial charge on any atom is -0.456 e. The highest BCUT2D eigenvalue weighted by molar-refractivity contribution is 5.95. The van der Waals surface area contributed by atoms with Crippen molar-refractivity contribution in [3.8, 4) is 0 Å². The maximum atomic E-state index is 13.4. The van der Waals surface area contributed by atoms with Gasteiger partial charge in [-0.25, -0.2) is 4.79 Å². The molecule has 0 radical (unpaired) electrons. The second kappa shape index (κ2) is 8.46. The van der Waals surface area contributed by atoms with E-state index in [0.29, 0.717) is 48.8 Å². The molecule has 0 amide bonds. The molecule has 5 rings (SSSR count). The molecule has 37 heavy (non-hydrogen) atoms. The van der Waals surface area contributed by atoms with Crippen molar-refractivity contribution in [2.24, 2.45) is 28.6 Å². The molecular formula is C29H42O8. The SMILES string of the molecule is CC1=C([C@@H](C)O)C[C@H]([C@](C)(O)[C@H]2CC[C@@]3(O)C4=CC(=O)[C@@H]5C[C@@H](O)[C@@H](O)C[C@]5(C)[C@H]4CC[C@]23C)OC1=O. The smallest absolute Gasteiger partial charge is 0.334 e. The first-order valence-electron chi connectivity index (χ1n) is 13.7. The van der Waals surface area contributed by atoms with E-state index in [2.05, 4.69) is 0 Å². The molecule has 8 nitrogen and oxygen atoms in total. The quantitative estimate of drug-likeness (QED) is 0.357. The molecular weight excluding hydrogens is 476 g/mol. The van der Waals surface area contributed by atoms with Crippen LogP contribution in [0.4, 0.5) is 0 Å². The number of ether oxygens (including phenoxy) is 1. The number of cyclic esters (lactones) is 1. The van der Waals surface area contributed by atoms with E-state index in [4.69, 9.17) is 4.74 Å². The van der Waals surface area contributed by atoms with Gasteiger partial charge >= 0.3 is 5.97 Å². The fourth-order valence-corrected chi connectivity index (χ4v) is 9.08. The number of ketones is 1. The van der Waals surface area contributed by atoms with E-state index in [1.807, 2.05) is 13.8 Å². The summed E-state index contributed by atoms with van der Waals surface area (Å²) in [7, 11) is 0. The van der Waals surface area contributed by atoms with Crippen molar-refractivity contribution in [2.75, 3.05) is 0 Å². The summed E-state index contributed by atoms with van der Waals surface area (Å²) in [6.45, 7) is 8.85. The van der Waals surface area contributed by atoms with Crippen LogP contribution < -0.4 is 0 Å². The third-order valence-corrected chi connectivity index (χ3v) is 11.4. The molecule has 0 saturated heterocycles. The zero-order chi connectivity index (χ0) is 27.3. The lowest BCUT2D eigenvalue weighted by atomic mass is 9.45. The van der Waals surface area contributed by atoms with Crippen molar-refractivity contribution < 1.29 is 39.9 Å². The molecule has 0 aromatic rings. The van der Waals surface area contributed by atoms with Crippen LogP contribution in [0.25, 0.3) is 0 Å². The number of carbonyl (C=O) groups excluding carboxylic acids is 2. The predicted octanol–water partition coefficient (Wildman–Crippen LogP) is 1.95. The van der Waals surface area contributed by atoms with E-state index >= 15 is 0 Å². The summed E-state index contributed by atoms with van der Waals surface area (Å²) in [5.74, 6) is -1.59. The average molecular weight is 519 g/mol. The molecule has 1 aliphatic heterocycles. The first-order valence-corrected chi connectivity index (χ1v) is 13.7. The lowest BCUT2D eigenvalue weighted by Crippen LogP contribution is -2.63. The lowest BCUT2D eigenvalue weighted by Gasteiger charge is -2.60. The first kappa shape index (κ1) is 27.0. The van der Waals surface area contributed by atoms with Gasteiger partial charge < -0.3 is 30.3 Å². The number of fused-ring (bicyclic) bond motifs is 5. The Morgan fingerprint density at radius 3 is 2.43 bits per heavy atom. The maximum Gasteiger partial charge on any atom is 0.334 e. The lowest BCUT2D eigenvalue weighted by molar-refractivity contribution is -0.191. The van der Waals surface area contributed by atoms with Gasteiger partial charge in [0.05, 0.1) is 23.9 Å². The van der Waals surface area contributed by atoms with Gasteiger partial charge in [0, 0.05) is 23.3 Å². The number of aliphatic hydroxyl groups excluding tert-OH is 3. The maximum absolute atomic E-state index is 13.4. The summed E-state index contributed by atoms with van der Waals surface area (Å²) in [5, 5.41) is 55.4. The van der Waals surface area contributed by atoms with Crippen LogP contribution >= 0.6 is 0 Å². The molecule has 0 unspecified atom stereocenters. The molecule has 0 spiro atoms. The number of hydrogen-bond acceptors (Lipinski definition) is 8. The van der Waals surface area contributed by atoms with Crippen molar-refractivity contribution in [1.82, 2.24) is 0 Å². The first-order chi connectivity index (χ1) is 17.1.